The van der Waals surface area contributed by atoms with E-state index in [2.05, 4.69) is 10.2 Å². The lowest BCUT2D eigenvalue weighted by atomic mass is 10.1. The molecule has 1 fully saturated rings. The largest absolute Gasteiger partial charge is 0.504 e. The first-order valence-electron chi connectivity index (χ1n) is 6.02. The molecule has 18 heavy (non-hydrogen) atoms. The fraction of sp³-hybridized carbons (Fsp3) is 0.462. The van der Waals surface area contributed by atoms with Crippen LogP contribution >= 0.6 is 0 Å². The molecule has 0 spiro atoms. The Labute approximate surface area is 106 Å². The van der Waals surface area contributed by atoms with E-state index in [-0.39, 0.29) is 5.75 Å². The standard InChI is InChI=1S/C13H18N2O3/c1-18-13-7-11(9-16)10(6-12(13)17)8-15-4-2-14-3-5-15/h6-7,9,14,17H,2-5,8H2,1H3. The van der Waals surface area contributed by atoms with Gasteiger partial charge < -0.3 is 15.2 Å². The summed E-state index contributed by atoms with van der Waals surface area (Å²) in [5.74, 6) is 0.411. The molecule has 0 saturated carbocycles. The Bertz CT molecular complexity index is 428. The summed E-state index contributed by atoms with van der Waals surface area (Å²) in [4.78, 5) is 13.3. The van der Waals surface area contributed by atoms with Gasteiger partial charge in [-0.05, 0) is 17.7 Å². The second-order valence-corrected chi connectivity index (χ2v) is 4.37. The summed E-state index contributed by atoms with van der Waals surface area (Å²) in [5, 5.41) is 13.0. The Morgan fingerprint density at radius 3 is 2.78 bits per heavy atom. The van der Waals surface area contributed by atoms with Gasteiger partial charge in [0.2, 0.25) is 0 Å². The fourth-order valence-corrected chi connectivity index (χ4v) is 2.15. The molecule has 0 atom stereocenters. The molecule has 98 valence electrons. The molecule has 0 unspecified atom stereocenters. The van der Waals surface area contributed by atoms with Crippen molar-refractivity contribution < 1.29 is 14.6 Å². The van der Waals surface area contributed by atoms with E-state index >= 15 is 0 Å². The Morgan fingerprint density at radius 1 is 1.44 bits per heavy atom. The Hall–Kier alpha value is -1.59. The maximum absolute atomic E-state index is 11.1. The molecule has 1 heterocycles. The van der Waals surface area contributed by atoms with E-state index in [0.717, 1.165) is 38.0 Å². The van der Waals surface area contributed by atoms with E-state index in [9.17, 15) is 9.90 Å². The van der Waals surface area contributed by atoms with Gasteiger partial charge in [-0.15, -0.1) is 0 Å². The molecule has 1 aromatic carbocycles. The molecule has 5 nitrogen and oxygen atoms in total. The molecular formula is C13H18N2O3. The van der Waals surface area contributed by atoms with Crippen molar-refractivity contribution in [2.75, 3.05) is 33.3 Å². The number of aldehydes is 1. The second-order valence-electron chi connectivity index (χ2n) is 4.37. The molecular weight excluding hydrogens is 232 g/mol. The summed E-state index contributed by atoms with van der Waals surface area (Å²) < 4.78 is 5.00. The summed E-state index contributed by atoms with van der Waals surface area (Å²) in [6.07, 6.45) is 0.805. The first-order valence-corrected chi connectivity index (χ1v) is 6.02. The number of carbonyl (C=O) groups excluding carboxylic acids is 1. The van der Waals surface area contributed by atoms with Crippen LogP contribution in [0.5, 0.6) is 11.5 Å². The number of ether oxygens (including phenoxy) is 1. The number of hydrogen-bond donors (Lipinski definition) is 2. The van der Waals surface area contributed by atoms with Crippen molar-refractivity contribution in [3.05, 3.63) is 23.3 Å². The third kappa shape index (κ3) is 2.80. The van der Waals surface area contributed by atoms with Crippen LogP contribution in [0.1, 0.15) is 15.9 Å². The normalized spacial score (nSPS) is 16.5. The topological polar surface area (TPSA) is 61.8 Å². The van der Waals surface area contributed by atoms with Gasteiger partial charge in [0, 0.05) is 38.3 Å². The molecule has 1 aliphatic rings. The molecule has 0 aliphatic carbocycles. The van der Waals surface area contributed by atoms with Crippen LogP contribution in [-0.2, 0) is 6.54 Å². The Kier molecular flexibility index (Phi) is 4.17. The van der Waals surface area contributed by atoms with Gasteiger partial charge in [-0.3, -0.25) is 9.69 Å². The maximum atomic E-state index is 11.1. The van der Waals surface area contributed by atoms with Crippen molar-refractivity contribution in [1.82, 2.24) is 10.2 Å². The van der Waals surface area contributed by atoms with E-state index in [1.54, 1.807) is 12.1 Å². The SMILES string of the molecule is COc1cc(C=O)c(CN2CCNCC2)cc1O. The van der Waals surface area contributed by atoms with Gasteiger partial charge in [0.15, 0.2) is 17.8 Å². The van der Waals surface area contributed by atoms with Crippen LogP contribution in [-0.4, -0.2) is 49.6 Å². The van der Waals surface area contributed by atoms with Gasteiger partial charge in [0.1, 0.15) is 0 Å². The zero-order valence-corrected chi connectivity index (χ0v) is 10.5. The second kappa shape index (κ2) is 5.84. The van der Waals surface area contributed by atoms with E-state index < -0.39 is 0 Å². The molecule has 0 aromatic heterocycles. The maximum Gasteiger partial charge on any atom is 0.161 e. The summed E-state index contributed by atoms with van der Waals surface area (Å²) in [7, 11) is 1.47. The number of rotatable bonds is 4. The first kappa shape index (κ1) is 12.9. The highest BCUT2D eigenvalue weighted by Gasteiger charge is 2.14. The average molecular weight is 250 g/mol. The van der Waals surface area contributed by atoms with Gasteiger partial charge >= 0.3 is 0 Å². The predicted molar refractivity (Wildman–Crippen MR) is 68.2 cm³/mol. The highest BCUT2D eigenvalue weighted by Crippen LogP contribution is 2.29. The summed E-state index contributed by atoms with van der Waals surface area (Å²) >= 11 is 0. The minimum Gasteiger partial charge on any atom is -0.504 e. The van der Waals surface area contributed by atoms with Gasteiger partial charge in [-0.2, -0.15) is 0 Å². The van der Waals surface area contributed by atoms with Gasteiger partial charge in [-0.1, -0.05) is 0 Å². The molecule has 1 aliphatic heterocycles. The Morgan fingerprint density at radius 2 is 2.17 bits per heavy atom. The zero-order valence-electron chi connectivity index (χ0n) is 10.5. The van der Waals surface area contributed by atoms with Crippen molar-refractivity contribution in [2.45, 2.75) is 6.54 Å². The van der Waals surface area contributed by atoms with Gasteiger partial charge in [0.05, 0.1) is 7.11 Å². The number of nitrogens with zero attached hydrogens (tertiary/aromatic N) is 1. The van der Waals surface area contributed by atoms with Crippen LogP contribution in [0.15, 0.2) is 12.1 Å². The lowest BCUT2D eigenvalue weighted by Gasteiger charge is -2.27. The van der Waals surface area contributed by atoms with E-state index in [4.69, 9.17) is 4.74 Å². The third-order valence-corrected chi connectivity index (χ3v) is 3.17. The van der Waals surface area contributed by atoms with Crippen molar-refractivity contribution in [3.8, 4) is 11.5 Å². The number of nitrogens with one attached hydrogen (secondary N) is 1. The van der Waals surface area contributed by atoms with Crippen LogP contribution in [0.2, 0.25) is 0 Å². The molecule has 0 amide bonds. The van der Waals surface area contributed by atoms with E-state index in [1.165, 1.54) is 7.11 Å². The zero-order chi connectivity index (χ0) is 13.0. The summed E-state index contributed by atoms with van der Waals surface area (Å²) in [6.45, 7) is 4.49. The average Bonchev–Trinajstić information content (AvgIpc) is 2.40. The smallest absolute Gasteiger partial charge is 0.161 e. The lowest BCUT2D eigenvalue weighted by molar-refractivity contribution is 0.112. The van der Waals surface area contributed by atoms with Crippen LogP contribution in [0.25, 0.3) is 0 Å². The predicted octanol–water partition coefficient (Wildman–Crippen LogP) is 0.619. The quantitative estimate of drug-likeness (QED) is 0.767. The molecule has 1 saturated heterocycles. The Balaban J connectivity index is 2.20. The minimum atomic E-state index is 0.0771. The van der Waals surface area contributed by atoms with E-state index in [1.807, 2.05) is 0 Å². The fourth-order valence-electron chi connectivity index (χ4n) is 2.15. The highest BCUT2D eigenvalue weighted by atomic mass is 16.5. The monoisotopic (exact) mass is 250 g/mol. The molecule has 5 heteroatoms. The number of phenols is 1. The van der Waals surface area contributed by atoms with Crippen molar-refractivity contribution in [2.24, 2.45) is 0 Å². The molecule has 1 aromatic rings. The van der Waals surface area contributed by atoms with Crippen LogP contribution in [0, 0.1) is 0 Å². The molecule has 0 bridgehead atoms. The van der Waals surface area contributed by atoms with E-state index in [0.29, 0.717) is 17.9 Å². The third-order valence-electron chi connectivity index (χ3n) is 3.17. The van der Waals surface area contributed by atoms with Crippen LogP contribution in [0.3, 0.4) is 0 Å². The number of methoxy groups -OCH3 is 1. The molecule has 0 radical (unpaired) electrons. The number of carbonyl (C=O) groups is 1. The minimum absolute atomic E-state index is 0.0771. The number of phenolic OH excluding ortho intramolecular Hbond substituents is 1. The number of benzene rings is 1. The molecule has 2 rings (SSSR count). The number of hydrogen-bond acceptors (Lipinski definition) is 5. The van der Waals surface area contributed by atoms with Gasteiger partial charge in [-0.25, -0.2) is 0 Å². The van der Waals surface area contributed by atoms with Crippen LogP contribution in [0.4, 0.5) is 0 Å². The van der Waals surface area contributed by atoms with Crippen molar-refractivity contribution >= 4 is 6.29 Å². The number of piperazine rings is 1. The number of aromatic hydroxyl groups is 1. The lowest BCUT2D eigenvalue weighted by Crippen LogP contribution is -2.43. The van der Waals surface area contributed by atoms with Crippen molar-refractivity contribution in [1.29, 1.82) is 0 Å². The van der Waals surface area contributed by atoms with Crippen molar-refractivity contribution in [3.63, 3.8) is 0 Å². The van der Waals surface area contributed by atoms with Crippen LogP contribution < -0.4 is 10.1 Å². The summed E-state index contributed by atoms with van der Waals surface area (Å²) in [6, 6.07) is 3.20. The molecule has 2 N–H and O–H groups in total. The van der Waals surface area contributed by atoms with Gasteiger partial charge in [0.25, 0.3) is 0 Å². The highest BCUT2D eigenvalue weighted by molar-refractivity contribution is 5.79. The summed E-state index contributed by atoms with van der Waals surface area (Å²) in [5.41, 5.74) is 1.41. The first-order chi connectivity index (χ1) is 8.74.